The van der Waals surface area contributed by atoms with Gasteiger partial charge < -0.3 is 23.9 Å². The van der Waals surface area contributed by atoms with Crippen molar-refractivity contribution in [3.05, 3.63) is 64.8 Å². The summed E-state index contributed by atoms with van der Waals surface area (Å²) in [5.74, 6) is -0.157. The molecule has 7 nitrogen and oxygen atoms in total. The van der Waals surface area contributed by atoms with E-state index in [4.69, 9.17) is 9.15 Å². The van der Waals surface area contributed by atoms with Crippen molar-refractivity contribution in [1.29, 1.82) is 0 Å². The number of benzene rings is 1. The maximum atomic E-state index is 12.3. The molecule has 1 amide bonds. The number of fused-ring (bicyclic) bond motifs is 1. The highest BCUT2D eigenvalue weighted by Gasteiger charge is 2.12. The normalized spacial score (nSPS) is 14.4. The summed E-state index contributed by atoms with van der Waals surface area (Å²) in [5, 5.41) is 3.63. The number of rotatable bonds is 5. The molecule has 1 aliphatic heterocycles. The molecular weight excluding hydrogens is 346 g/mol. The van der Waals surface area contributed by atoms with Crippen LogP contribution in [0.1, 0.15) is 10.4 Å². The lowest BCUT2D eigenvalue weighted by atomic mass is 10.1. The molecule has 1 aliphatic rings. The third-order valence-electron chi connectivity index (χ3n) is 4.73. The third-order valence-corrected chi connectivity index (χ3v) is 4.73. The summed E-state index contributed by atoms with van der Waals surface area (Å²) < 4.78 is 12.1. The van der Waals surface area contributed by atoms with E-state index in [9.17, 15) is 9.59 Å². The van der Waals surface area contributed by atoms with Gasteiger partial charge in [-0.05, 0) is 36.4 Å². The van der Waals surface area contributed by atoms with Crippen LogP contribution in [0.2, 0.25) is 0 Å². The van der Waals surface area contributed by atoms with E-state index in [1.165, 1.54) is 10.8 Å². The lowest BCUT2D eigenvalue weighted by Gasteiger charge is -2.28. The number of furan rings is 1. The minimum Gasteiger partial charge on any atom is -0.459 e. The van der Waals surface area contributed by atoms with Gasteiger partial charge in [-0.2, -0.15) is 0 Å². The number of carbonyl (C=O) groups excluding carboxylic acids is 1. The van der Waals surface area contributed by atoms with Gasteiger partial charge in [0.05, 0.1) is 19.5 Å². The molecule has 3 heterocycles. The second-order valence-corrected chi connectivity index (χ2v) is 6.42. The van der Waals surface area contributed by atoms with Gasteiger partial charge in [0.1, 0.15) is 0 Å². The Kier molecular flexibility index (Phi) is 4.93. The smallest absolute Gasteiger partial charge is 0.294 e. The number of hydrogen-bond acceptors (Lipinski definition) is 5. The number of amides is 1. The number of ether oxygens (including phenoxy) is 1. The number of anilines is 1. The second kappa shape index (κ2) is 7.67. The zero-order valence-corrected chi connectivity index (χ0v) is 14.9. The van der Waals surface area contributed by atoms with Crippen molar-refractivity contribution in [3.63, 3.8) is 0 Å². The van der Waals surface area contributed by atoms with Crippen molar-refractivity contribution >= 4 is 22.6 Å². The maximum absolute atomic E-state index is 12.3. The lowest BCUT2D eigenvalue weighted by molar-refractivity contribution is 0.0952. The molecule has 1 N–H and O–H groups in total. The van der Waals surface area contributed by atoms with Crippen LogP contribution in [0.4, 0.5) is 5.69 Å². The first-order valence-electron chi connectivity index (χ1n) is 9.00. The first kappa shape index (κ1) is 17.4. The summed E-state index contributed by atoms with van der Waals surface area (Å²) in [6.07, 6.45) is 3.21. The van der Waals surface area contributed by atoms with Crippen molar-refractivity contribution in [3.8, 4) is 0 Å². The van der Waals surface area contributed by atoms with Gasteiger partial charge in [0, 0.05) is 49.0 Å². The topological polar surface area (TPSA) is 76.7 Å². The van der Waals surface area contributed by atoms with E-state index < -0.39 is 0 Å². The number of carbonyl (C=O) groups is 1. The average Bonchev–Trinajstić information content (AvgIpc) is 3.20. The van der Waals surface area contributed by atoms with E-state index >= 15 is 0 Å². The Morgan fingerprint density at radius 3 is 2.63 bits per heavy atom. The van der Waals surface area contributed by atoms with Crippen LogP contribution in [0.5, 0.6) is 0 Å². The monoisotopic (exact) mass is 367 g/mol. The highest BCUT2D eigenvalue weighted by Crippen LogP contribution is 2.16. The summed E-state index contributed by atoms with van der Waals surface area (Å²) in [4.78, 5) is 26.8. The molecule has 1 saturated heterocycles. The molecule has 7 heteroatoms. The van der Waals surface area contributed by atoms with Crippen LogP contribution in [-0.4, -0.2) is 43.3 Å². The molecular formula is C20H21N3O4. The Labute approximate surface area is 156 Å². The quantitative estimate of drug-likeness (QED) is 0.745. The molecule has 3 aromatic rings. The standard InChI is InChI=1S/C20H21N3O4/c24-19(16-1-3-17(4-2-16)22-10-13-26-14-11-22)21-7-9-23-8-5-15-6-12-27-18(15)20(23)25/h1-6,8,12H,7,9-11,13-14H2,(H,21,24). The van der Waals surface area contributed by atoms with Gasteiger partial charge in [-0.1, -0.05) is 0 Å². The molecule has 0 unspecified atom stereocenters. The van der Waals surface area contributed by atoms with E-state index in [-0.39, 0.29) is 11.5 Å². The van der Waals surface area contributed by atoms with Crippen LogP contribution < -0.4 is 15.8 Å². The van der Waals surface area contributed by atoms with Crippen LogP contribution in [0.3, 0.4) is 0 Å². The Morgan fingerprint density at radius 2 is 1.85 bits per heavy atom. The summed E-state index contributed by atoms with van der Waals surface area (Å²) >= 11 is 0. The fourth-order valence-electron chi connectivity index (χ4n) is 3.21. The first-order valence-corrected chi connectivity index (χ1v) is 9.00. The third kappa shape index (κ3) is 3.73. The summed E-state index contributed by atoms with van der Waals surface area (Å²) in [7, 11) is 0. The minimum atomic E-state index is -0.193. The molecule has 4 rings (SSSR count). The van der Waals surface area contributed by atoms with Gasteiger partial charge in [0.25, 0.3) is 11.5 Å². The van der Waals surface area contributed by atoms with Gasteiger partial charge >= 0.3 is 0 Å². The van der Waals surface area contributed by atoms with E-state index in [1.807, 2.05) is 30.3 Å². The first-order chi connectivity index (χ1) is 13.2. The second-order valence-electron chi connectivity index (χ2n) is 6.42. The van der Waals surface area contributed by atoms with E-state index in [0.717, 1.165) is 37.4 Å². The Bertz CT molecular complexity index is 984. The summed E-state index contributed by atoms with van der Waals surface area (Å²) in [5.41, 5.74) is 1.83. The van der Waals surface area contributed by atoms with Crippen molar-refractivity contribution < 1.29 is 13.9 Å². The molecule has 0 saturated carbocycles. The predicted octanol–water partition coefficient (Wildman–Crippen LogP) is 1.86. The van der Waals surface area contributed by atoms with Crippen LogP contribution in [0.15, 0.2) is 58.1 Å². The van der Waals surface area contributed by atoms with Crippen molar-refractivity contribution in [2.24, 2.45) is 0 Å². The van der Waals surface area contributed by atoms with Crippen molar-refractivity contribution in [1.82, 2.24) is 9.88 Å². The summed E-state index contributed by atoms with van der Waals surface area (Å²) in [6.45, 7) is 3.92. The molecule has 140 valence electrons. The molecule has 1 fully saturated rings. The average molecular weight is 367 g/mol. The highest BCUT2D eigenvalue weighted by molar-refractivity contribution is 5.94. The number of morpholine rings is 1. The molecule has 2 aromatic heterocycles. The molecule has 0 radical (unpaired) electrons. The lowest BCUT2D eigenvalue weighted by Crippen LogP contribution is -2.36. The Morgan fingerprint density at radius 1 is 1.07 bits per heavy atom. The summed E-state index contributed by atoms with van der Waals surface area (Å²) in [6, 6.07) is 11.1. The predicted molar refractivity (Wildman–Crippen MR) is 102 cm³/mol. The minimum absolute atomic E-state index is 0.157. The van der Waals surface area contributed by atoms with Gasteiger partial charge in [-0.25, -0.2) is 0 Å². The largest absolute Gasteiger partial charge is 0.459 e. The van der Waals surface area contributed by atoms with Gasteiger partial charge in [-0.15, -0.1) is 0 Å². The number of pyridine rings is 1. The molecule has 0 spiro atoms. The highest BCUT2D eigenvalue weighted by atomic mass is 16.5. The Balaban J connectivity index is 1.34. The molecule has 0 aliphatic carbocycles. The van der Waals surface area contributed by atoms with E-state index in [1.54, 1.807) is 12.3 Å². The van der Waals surface area contributed by atoms with Crippen molar-refractivity contribution in [2.45, 2.75) is 6.54 Å². The van der Waals surface area contributed by atoms with E-state index in [0.29, 0.717) is 24.2 Å². The maximum Gasteiger partial charge on any atom is 0.294 e. The van der Waals surface area contributed by atoms with Crippen LogP contribution in [0, 0.1) is 0 Å². The molecule has 0 atom stereocenters. The van der Waals surface area contributed by atoms with E-state index in [2.05, 4.69) is 10.2 Å². The van der Waals surface area contributed by atoms with Crippen molar-refractivity contribution in [2.75, 3.05) is 37.7 Å². The number of nitrogens with zero attached hydrogens (tertiary/aromatic N) is 2. The Hall–Kier alpha value is -3.06. The number of aromatic nitrogens is 1. The SMILES string of the molecule is O=C(NCCn1ccc2ccoc2c1=O)c1ccc(N2CCOCC2)cc1. The number of nitrogens with one attached hydrogen (secondary N) is 1. The zero-order chi connectivity index (χ0) is 18.6. The fraction of sp³-hybridized carbons (Fsp3) is 0.300. The van der Waals surface area contributed by atoms with Gasteiger partial charge in [0.15, 0.2) is 5.58 Å². The van der Waals surface area contributed by atoms with Crippen LogP contribution in [-0.2, 0) is 11.3 Å². The van der Waals surface area contributed by atoms with Crippen LogP contribution >= 0.6 is 0 Å². The van der Waals surface area contributed by atoms with Gasteiger partial charge in [0.2, 0.25) is 0 Å². The molecule has 0 bridgehead atoms. The number of hydrogen-bond donors (Lipinski definition) is 1. The molecule has 27 heavy (non-hydrogen) atoms. The zero-order valence-electron chi connectivity index (χ0n) is 14.9. The fourth-order valence-corrected chi connectivity index (χ4v) is 3.21. The molecule has 1 aromatic carbocycles. The van der Waals surface area contributed by atoms with Crippen LogP contribution in [0.25, 0.3) is 11.0 Å². The van der Waals surface area contributed by atoms with Gasteiger partial charge in [-0.3, -0.25) is 9.59 Å².